The van der Waals surface area contributed by atoms with Crippen LogP contribution in [0.25, 0.3) is 0 Å². The first kappa shape index (κ1) is 22.3. The van der Waals surface area contributed by atoms with Gasteiger partial charge in [0.25, 0.3) is 0 Å². The van der Waals surface area contributed by atoms with Gasteiger partial charge in [-0.2, -0.15) is 0 Å². The van der Waals surface area contributed by atoms with Crippen molar-refractivity contribution in [3.63, 3.8) is 0 Å². The molecule has 0 aliphatic heterocycles. The molecule has 23 heavy (non-hydrogen) atoms. The third kappa shape index (κ3) is 13.4. The minimum Gasteiger partial charge on any atom is -0.550 e. The van der Waals surface area contributed by atoms with E-state index < -0.39 is 29.4 Å². The van der Waals surface area contributed by atoms with Gasteiger partial charge < -0.3 is 9.90 Å². The Hall–Kier alpha value is -0.690. The predicted octanol–water partition coefficient (Wildman–Crippen LogP) is 3.14. The molecule has 138 valence electrons. The molecule has 0 aromatic carbocycles. The summed E-state index contributed by atoms with van der Waals surface area (Å²) in [7, 11) is 0. The van der Waals surface area contributed by atoms with Crippen LogP contribution in [0.15, 0.2) is 0 Å². The van der Waals surface area contributed by atoms with Crippen molar-refractivity contribution in [3.05, 3.63) is 0 Å². The molecule has 0 heterocycles. The van der Waals surface area contributed by atoms with Gasteiger partial charge in [0, 0.05) is 12.4 Å². The number of hydrogen-bond donors (Lipinski definition) is 0. The second-order valence-corrected chi connectivity index (χ2v) is 7.75. The Morgan fingerprint density at radius 3 is 1.74 bits per heavy atom. The van der Waals surface area contributed by atoms with Crippen molar-refractivity contribution in [2.75, 3.05) is 0 Å². The fourth-order valence-corrected chi connectivity index (χ4v) is 1.77. The Kier molecular flexibility index (Phi) is 9.93. The normalized spacial score (nSPS) is 14.3. The number of hydrogen-bond acceptors (Lipinski definition) is 6. The monoisotopic (exact) mass is 333 g/mol. The predicted molar refractivity (Wildman–Crippen MR) is 84.9 cm³/mol. The summed E-state index contributed by atoms with van der Waals surface area (Å²) in [4.78, 5) is 32.2. The fourth-order valence-electron chi connectivity index (χ4n) is 1.77. The smallest absolute Gasteiger partial charge is 0.224 e. The highest BCUT2D eigenvalue weighted by Crippen LogP contribution is 2.20. The molecule has 0 saturated carbocycles. The number of carboxylic acid groups (broad SMARTS) is 1. The topological polar surface area (TPSA) is 77.0 Å². The fraction of sp³-hybridized carbons (Fsp3) is 0.941. The van der Waals surface area contributed by atoms with Crippen LogP contribution in [0.2, 0.25) is 0 Å². The van der Waals surface area contributed by atoms with Crippen LogP contribution in [0, 0.1) is 5.92 Å². The molecule has 0 radical (unpaired) electrons. The van der Waals surface area contributed by atoms with Gasteiger partial charge in [-0.05, 0) is 66.7 Å². The van der Waals surface area contributed by atoms with Gasteiger partial charge in [0.15, 0.2) is 0 Å². The molecule has 0 aliphatic rings. The molecule has 6 heteroatoms. The molecule has 0 spiro atoms. The van der Waals surface area contributed by atoms with E-state index in [0.29, 0.717) is 25.7 Å². The molecule has 0 saturated heterocycles. The first-order valence-electron chi connectivity index (χ1n) is 8.34. The molecular weight excluding hydrogens is 300 g/mol. The van der Waals surface area contributed by atoms with Crippen molar-refractivity contribution in [3.8, 4) is 0 Å². The maximum atomic E-state index is 11.1. The van der Waals surface area contributed by atoms with Crippen LogP contribution in [0.3, 0.4) is 0 Å². The van der Waals surface area contributed by atoms with Gasteiger partial charge in [-0.25, -0.2) is 19.6 Å². The zero-order valence-electron chi connectivity index (χ0n) is 15.6. The Morgan fingerprint density at radius 2 is 1.39 bits per heavy atom. The minimum atomic E-state index is -0.998. The van der Waals surface area contributed by atoms with Gasteiger partial charge in [-0.3, -0.25) is 0 Å². The average Bonchev–Trinajstić information content (AvgIpc) is 2.37. The summed E-state index contributed by atoms with van der Waals surface area (Å²) >= 11 is 0. The van der Waals surface area contributed by atoms with Gasteiger partial charge in [-0.1, -0.05) is 13.3 Å². The van der Waals surface area contributed by atoms with Crippen molar-refractivity contribution in [1.29, 1.82) is 0 Å². The largest absolute Gasteiger partial charge is 0.550 e. The van der Waals surface area contributed by atoms with E-state index in [-0.39, 0.29) is 0 Å². The average molecular weight is 333 g/mol. The van der Waals surface area contributed by atoms with Crippen LogP contribution in [0.1, 0.15) is 80.6 Å². The summed E-state index contributed by atoms with van der Waals surface area (Å²) in [5.74, 6) is -1.44. The number of rotatable bonds is 11. The van der Waals surface area contributed by atoms with Crippen LogP contribution >= 0.6 is 0 Å². The lowest BCUT2D eigenvalue weighted by Crippen LogP contribution is -2.32. The van der Waals surface area contributed by atoms with E-state index in [0.717, 1.165) is 6.42 Å². The molecular formula is C17H33O6-. The lowest BCUT2D eigenvalue weighted by molar-refractivity contribution is -0.497. The molecule has 0 N–H and O–H groups in total. The number of aliphatic carboxylic acids is 1. The van der Waals surface area contributed by atoms with E-state index in [1.807, 2.05) is 48.5 Å². The maximum Gasteiger partial charge on any atom is 0.224 e. The highest BCUT2D eigenvalue weighted by Gasteiger charge is 2.22. The Balaban J connectivity index is 4.40. The van der Waals surface area contributed by atoms with Crippen molar-refractivity contribution >= 4 is 5.97 Å². The van der Waals surface area contributed by atoms with Crippen LogP contribution < -0.4 is 5.11 Å². The number of carbonyl (C=O) groups is 1. The van der Waals surface area contributed by atoms with Crippen molar-refractivity contribution in [2.45, 2.75) is 98.1 Å². The van der Waals surface area contributed by atoms with Crippen LogP contribution in [-0.4, -0.2) is 23.5 Å². The van der Waals surface area contributed by atoms with E-state index in [2.05, 4.69) is 0 Å². The van der Waals surface area contributed by atoms with E-state index in [9.17, 15) is 9.90 Å². The second-order valence-electron chi connectivity index (χ2n) is 7.75. The van der Waals surface area contributed by atoms with Crippen LogP contribution in [0.5, 0.6) is 0 Å². The molecule has 6 nitrogen and oxygen atoms in total. The van der Waals surface area contributed by atoms with Gasteiger partial charge in [0.05, 0.1) is 11.2 Å². The quantitative estimate of drug-likeness (QED) is 0.328. The highest BCUT2D eigenvalue weighted by atomic mass is 17.3. The summed E-state index contributed by atoms with van der Waals surface area (Å²) in [5.41, 5.74) is -0.946. The summed E-state index contributed by atoms with van der Waals surface area (Å²) in [6.45, 7) is 13.1. The number of carbonyl (C=O) groups excluding carboxylic acids is 1. The highest BCUT2D eigenvalue weighted by molar-refractivity contribution is 5.67. The van der Waals surface area contributed by atoms with E-state index >= 15 is 0 Å². The Morgan fingerprint density at radius 1 is 0.913 bits per heavy atom. The summed E-state index contributed by atoms with van der Waals surface area (Å²) in [6.07, 6.45) is 2.33. The Bertz CT molecular complexity index is 311. The summed E-state index contributed by atoms with van der Waals surface area (Å²) in [5, 5.41) is 11.1. The third-order valence-electron chi connectivity index (χ3n) is 2.77. The molecule has 0 amide bonds. The van der Waals surface area contributed by atoms with E-state index in [4.69, 9.17) is 19.6 Å². The van der Waals surface area contributed by atoms with Crippen molar-refractivity contribution in [1.82, 2.24) is 0 Å². The minimum absolute atomic E-state index is 0.437. The van der Waals surface area contributed by atoms with Crippen molar-refractivity contribution < 1.29 is 29.5 Å². The zero-order chi connectivity index (χ0) is 18.1. The Labute approximate surface area is 140 Å². The SMILES string of the molecule is CCCC(CCCC(OOC(C)(C)C)OOC(C)(C)C)C(=O)[O-]. The van der Waals surface area contributed by atoms with Crippen molar-refractivity contribution in [2.24, 2.45) is 5.92 Å². The standard InChI is InChI=1S/C17H34O6/c1-8-10-13(15(18)19)11-9-12-14(20-22-16(2,3)4)21-23-17(5,6)7/h13-14H,8-12H2,1-7H3,(H,18,19)/p-1. The molecule has 0 bridgehead atoms. The molecule has 0 aromatic heterocycles. The molecule has 0 aliphatic carbocycles. The summed E-state index contributed by atoms with van der Waals surface area (Å²) in [6, 6.07) is 0. The van der Waals surface area contributed by atoms with Gasteiger partial charge in [0.2, 0.25) is 6.29 Å². The third-order valence-corrected chi connectivity index (χ3v) is 2.77. The molecule has 0 fully saturated rings. The van der Waals surface area contributed by atoms with Gasteiger partial charge >= 0.3 is 0 Å². The lowest BCUT2D eigenvalue weighted by atomic mass is 9.97. The molecule has 0 rings (SSSR count). The number of carboxylic acids is 1. The lowest BCUT2D eigenvalue weighted by Gasteiger charge is -2.26. The first-order valence-corrected chi connectivity index (χ1v) is 8.34. The maximum absolute atomic E-state index is 11.1. The zero-order valence-corrected chi connectivity index (χ0v) is 15.6. The second kappa shape index (κ2) is 10.2. The first-order chi connectivity index (χ1) is 10.4. The van der Waals surface area contributed by atoms with E-state index in [1.54, 1.807) is 0 Å². The van der Waals surface area contributed by atoms with Crippen LogP contribution in [-0.2, 0) is 24.3 Å². The molecule has 0 aromatic rings. The van der Waals surface area contributed by atoms with E-state index in [1.165, 1.54) is 0 Å². The molecule has 1 atom stereocenters. The van der Waals surface area contributed by atoms with Crippen LogP contribution in [0.4, 0.5) is 0 Å². The molecule has 1 unspecified atom stereocenters. The summed E-state index contributed by atoms with van der Waals surface area (Å²) < 4.78 is 0. The van der Waals surface area contributed by atoms with Gasteiger partial charge in [0.1, 0.15) is 0 Å². The van der Waals surface area contributed by atoms with Gasteiger partial charge in [-0.15, -0.1) is 0 Å².